The third-order valence-corrected chi connectivity index (χ3v) is 2.98. The van der Waals surface area contributed by atoms with Crippen LogP contribution in [0.1, 0.15) is 16.8 Å². The molecule has 0 amide bonds. The second-order valence-electron chi connectivity index (χ2n) is 4.60. The molecule has 0 atom stereocenters. The normalized spacial score (nSPS) is 10.5. The van der Waals surface area contributed by atoms with Gasteiger partial charge in [-0.25, -0.2) is 0 Å². The lowest BCUT2D eigenvalue weighted by Crippen LogP contribution is -2.07. The van der Waals surface area contributed by atoms with E-state index in [0.717, 1.165) is 34.8 Å². The van der Waals surface area contributed by atoms with E-state index in [1.807, 2.05) is 26.1 Å². The molecule has 4 nitrogen and oxygen atoms in total. The molecule has 0 aliphatic rings. The Bertz CT molecular complexity index is 564. The smallest absolute Gasteiger partial charge is 0.131 e. The Labute approximate surface area is 113 Å². The molecule has 0 bridgehead atoms. The van der Waals surface area contributed by atoms with E-state index in [-0.39, 0.29) is 0 Å². The van der Waals surface area contributed by atoms with Crippen molar-refractivity contribution in [2.24, 2.45) is 0 Å². The number of rotatable bonds is 4. The molecule has 0 aliphatic carbocycles. The molecule has 0 fully saturated rings. The molecule has 0 saturated heterocycles. The zero-order valence-corrected chi connectivity index (χ0v) is 11.8. The van der Waals surface area contributed by atoms with Crippen LogP contribution in [0.5, 0.6) is 5.75 Å². The average molecular weight is 257 g/mol. The van der Waals surface area contributed by atoms with Crippen LogP contribution in [0, 0.1) is 13.8 Å². The first kappa shape index (κ1) is 13.5. The van der Waals surface area contributed by atoms with Crippen LogP contribution >= 0.6 is 0 Å². The fourth-order valence-electron chi connectivity index (χ4n) is 2.19. The highest BCUT2D eigenvalue weighted by molar-refractivity contribution is 5.69. The first-order valence-corrected chi connectivity index (χ1v) is 6.28. The van der Waals surface area contributed by atoms with E-state index in [4.69, 9.17) is 4.74 Å². The van der Waals surface area contributed by atoms with Crippen LogP contribution in [0.3, 0.4) is 0 Å². The molecule has 0 unspecified atom stereocenters. The van der Waals surface area contributed by atoms with E-state index in [1.54, 1.807) is 7.11 Å². The van der Waals surface area contributed by atoms with Gasteiger partial charge < -0.3 is 10.1 Å². The molecule has 100 valence electrons. The third-order valence-electron chi connectivity index (χ3n) is 2.98. The van der Waals surface area contributed by atoms with E-state index in [9.17, 15) is 0 Å². The highest BCUT2D eigenvalue weighted by Crippen LogP contribution is 2.32. The molecule has 1 heterocycles. The Hall–Kier alpha value is -1.94. The van der Waals surface area contributed by atoms with Crippen molar-refractivity contribution in [2.45, 2.75) is 20.4 Å². The van der Waals surface area contributed by atoms with Crippen LogP contribution in [0.15, 0.2) is 24.3 Å². The maximum Gasteiger partial charge on any atom is 0.131 e. The fraction of sp³-hybridized carbons (Fsp3) is 0.333. The highest BCUT2D eigenvalue weighted by atomic mass is 16.5. The van der Waals surface area contributed by atoms with Crippen LogP contribution in [0.25, 0.3) is 11.3 Å². The van der Waals surface area contributed by atoms with Gasteiger partial charge >= 0.3 is 0 Å². The number of methoxy groups -OCH3 is 1. The number of hydrogen-bond acceptors (Lipinski definition) is 4. The largest absolute Gasteiger partial charge is 0.496 e. The molecule has 0 radical (unpaired) electrons. The quantitative estimate of drug-likeness (QED) is 0.914. The van der Waals surface area contributed by atoms with Crippen molar-refractivity contribution in [3.05, 3.63) is 41.1 Å². The van der Waals surface area contributed by atoms with E-state index in [1.165, 1.54) is 5.56 Å². The lowest BCUT2D eigenvalue weighted by molar-refractivity contribution is 0.413. The summed E-state index contributed by atoms with van der Waals surface area (Å²) in [6.07, 6.45) is 0. The predicted molar refractivity (Wildman–Crippen MR) is 76.3 cm³/mol. The van der Waals surface area contributed by atoms with Gasteiger partial charge in [0.15, 0.2) is 0 Å². The maximum absolute atomic E-state index is 5.48. The van der Waals surface area contributed by atoms with Crippen LogP contribution in [0.2, 0.25) is 0 Å². The summed E-state index contributed by atoms with van der Waals surface area (Å²) in [5.41, 5.74) is 5.05. The molecular weight excluding hydrogens is 238 g/mol. The van der Waals surface area contributed by atoms with E-state index in [2.05, 4.69) is 34.6 Å². The summed E-state index contributed by atoms with van der Waals surface area (Å²) in [7, 11) is 3.58. The zero-order chi connectivity index (χ0) is 13.8. The highest BCUT2D eigenvalue weighted by Gasteiger charge is 2.11. The maximum atomic E-state index is 5.48. The summed E-state index contributed by atoms with van der Waals surface area (Å²) in [6, 6.07) is 8.14. The summed E-state index contributed by atoms with van der Waals surface area (Å²) >= 11 is 0. The molecule has 0 saturated carbocycles. The Morgan fingerprint density at radius 2 is 1.95 bits per heavy atom. The van der Waals surface area contributed by atoms with Gasteiger partial charge in [-0.2, -0.15) is 10.2 Å². The number of nitrogens with zero attached hydrogens (tertiary/aromatic N) is 2. The lowest BCUT2D eigenvalue weighted by Gasteiger charge is -2.12. The van der Waals surface area contributed by atoms with Crippen molar-refractivity contribution in [1.82, 2.24) is 15.5 Å². The van der Waals surface area contributed by atoms with E-state index >= 15 is 0 Å². The Morgan fingerprint density at radius 1 is 1.16 bits per heavy atom. The second kappa shape index (κ2) is 5.80. The van der Waals surface area contributed by atoms with Gasteiger partial charge in [0.25, 0.3) is 0 Å². The van der Waals surface area contributed by atoms with Gasteiger partial charge in [-0.05, 0) is 50.2 Å². The van der Waals surface area contributed by atoms with Crippen LogP contribution < -0.4 is 10.1 Å². The van der Waals surface area contributed by atoms with E-state index in [0.29, 0.717) is 0 Å². The van der Waals surface area contributed by atoms with Gasteiger partial charge in [0.1, 0.15) is 5.75 Å². The predicted octanol–water partition coefficient (Wildman–Crippen LogP) is 2.49. The molecule has 4 heteroatoms. The van der Waals surface area contributed by atoms with E-state index < -0.39 is 0 Å². The molecule has 0 spiro atoms. The monoisotopic (exact) mass is 257 g/mol. The fourth-order valence-corrected chi connectivity index (χ4v) is 2.19. The Balaban J connectivity index is 2.45. The molecule has 1 aromatic carbocycles. The minimum absolute atomic E-state index is 0.720. The lowest BCUT2D eigenvalue weighted by atomic mass is 10.0. The number of aryl methyl sites for hydroxylation is 2. The Kier molecular flexibility index (Phi) is 4.12. The van der Waals surface area contributed by atoms with Gasteiger partial charge in [-0.1, -0.05) is 6.07 Å². The van der Waals surface area contributed by atoms with Gasteiger partial charge in [0.05, 0.1) is 18.5 Å². The van der Waals surface area contributed by atoms with Crippen molar-refractivity contribution in [2.75, 3.05) is 14.2 Å². The zero-order valence-electron chi connectivity index (χ0n) is 11.8. The average Bonchev–Trinajstić information content (AvgIpc) is 2.39. The third kappa shape index (κ3) is 2.90. The summed E-state index contributed by atoms with van der Waals surface area (Å²) in [4.78, 5) is 0. The van der Waals surface area contributed by atoms with Crippen molar-refractivity contribution < 1.29 is 4.74 Å². The van der Waals surface area contributed by atoms with Gasteiger partial charge in [0, 0.05) is 12.1 Å². The summed E-state index contributed by atoms with van der Waals surface area (Å²) in [5, 5.41) is 11.6. The molecule has 2 rings (SSSR count). The van der Waals surface area contributed by atoms with Crippen molar-refractivity contribution in [3.63, 3.8) is 0 Å². The molecule has 0 aliphatic heterocycles. The number of aromatic nitrogens is 2. The van der Waals surface area contributed by atoms with Gasteiger partial charge in [-0.3, -0.25) is 0 Å². The minimum atomic E-state index is 0.720. The number of benzene rings is 1. The second-order valence-corrected chi connectivity index (χ2v) is 4.60. The van der Waals surface area contributed by atoms with Crippen LogP contribution in [-0.2, 0) is 6.54 Å². The Morgan fingerprint density at radius 3 is 2.53 bits per heavy atom. The summed E-state index contributed by atoms with van der Waals surface area (Å²) in [6.45, 7) is 4.83. The topological polar surface area (TPSA) is 47.0 Å². The van der Waals surface area contributed by atoms with Crippen molar-refractivity contribution in [1.29, 1.82) is 0 Å². The van der Waals surface area contributed by atoms with Crippen LogP contribution in [0.4, 0.5) is 0 Å². The summed E-state index contributed by atoms with van der Waals surface area (Å²) in [5.74, 6) is 0.862. The molecule has 1 N–H and O–H groups in total. The van der Waals surface area contributed by atoms with Crippen molar-refractivity contribution >= 4 is 0 Å². The first-order valence-electron chi connectivity index (χ1n) is 6.28. The standard InChI is InChI=1S/C15H19N3O/c1-10-7-11(2)15(19-4)13(8-10)14-6-5-12(9-16-3)17-18-14/h5-8,16H,9H2,1-4H3. The van der Waals surface area contributed by atoms with Gasteiger partial charge in [-0.15, -0.1) is 0 Å². The SMILES string of the molecule is CNCc1ccc(-c2cc(C)cc(C)c2OC)nn1. The first-order chi connectivity index (χ1) is 9.15. The number of hydrogen-bond donors (Lipinski definition) is 1. The number of nitrogens with one attached hydrogen (secondary N) is 1. The van der Waals surface area contributed by atoms with Crippen molar-refractivity contribution in [3.8, 4) is 17.0 Å². The van der Waals surface area contributed by atoms with Gasteiger partial charge in [0.2, 0.25) is 0 Å². The molecular formula is C15H19N3O. The molecule has 2 aromatic rings. The molecule has 1 aromatic heterocycles. The molecule has 19 heavy (non-hydrogen) atoms. The number of ether oxygens (including phenoxy) is 1. The minimum Gasteiger partial charge on any atom is -0.496 e. The van der Waals surface area contributed by atoms with Crippen LogP contribution in [-0.4, -0.2) is 24.4 Å². The summed E-state index contributed by atoms with van der Waals surface area (Å²) < 4.78 is 5.48.